The van der Waals surface area contributed by atoms with E-state index >= 15 is 0 Å². The highest BCUT2D eigenvalue weighted by atomic mass is 16.3. The molecule has 2 nitrogen and oxygen atoms in total. The van der Waals surface area contributed by atoms with Gasteiger partial charge in [-0.25, -0.2) is 0 Å². The molecule has 0 fully saturated rings. The van der Waals surface area contributed by atoms with Crippen molar-refractivity contribution in [2.75, 3.05) is 4.90 Å². The van der Waals surface area contributed by atoms with Gasteiger partial charge in [0.05, 0.1) is 11.1 Å². The highest BCUT2D eigenvalue weighted by Gasteiger charge is 2.23. The lowest BCUT2D eigenvalue weighted by Crippen LogP contribution is -2.10. The van der Waals surface area contributed by atoms with Crippen molar-refractivity contribution in [1.82, 2.24) is 0 Å². The van der Waals surface area contributed by atoms with Crippen molar-refractivity contribution < 1.29 is 4.42 Å². The number of hydrogen-bond donors (Lipinski definition) is 0. The first-order chi connectivity index (χ1) is 29.7. The summed E-state index contributed by atoms with van der Waals surface area (Å²) in [6.07, 6.45) is 0. The summed E-state index contributed by atoms with van der Waals surface area (Å²) in [5.41, 5.74) is 11.9. The van der Waals surface area contributed by atoms with Gasteiger partial charge >= 0.3 is 0 Å². The number of fused-ring (bicyclic) bond motifs is 9. The van der Waals surface area contributed by atoms with Gasteiger partial charge in [-0.2, -0.15) is 0 Å². The second-order valence-electron chi connectivity index (χ2n) is 15.6. The minimum atomic E-state index is 0.866. The van der Waals surface area contributed by atoms with E-state index in [1.165, 1.54) is 65.3 Å². The van der Waals surface area contributed by atoms with E-state index in [-0.39, 0.29) is 0 Å². The summed E-state index contributed by atoms with van der Waals surface area (Å²) in [5, 5.41) is 12.1. The average Bonchev–Trinajstić information content (AvgIpc) is 3.72. The molecule has 0 aliphatic carbocycles. The molecule has 0 aliphatic heterocycles. The molecule has 0 amide bonds. The highest BCUT2D eigenvalue weighted by molar-refractivity contribution is 6.18. The van der Waals surface area contributed by atoms with Gasteiger partial charge in [-0.1, -0.05) is 176 Å². The molecule has 0 aliphatic rings. The van der Waals surface area contributed by atoms with Crippen molar-refractivity contribution in [2.24, 2.45) is 0 Å². The maximum atomic E-state index is 6.87. The molecular formula is C58H37NO. The van der Waals surface area contributed by atoms with E-state index in [9.17, 15) is 0 Å². The Kier molecular flexibility index (Phi) is 7.89. The predicted octanol–water partition coefficient (Wildman–Crippen LogP) is 16.7. The fraction of sp³-hybridized carbons (Fsp3) is 0. The molecule has 0 saturated heterocycles. The van der Waals surface area contributed by atoms with Gasteiger partial charge in [0.25, 0.3) is 0 Å². The molecule has 2 heteroatoms. The van der Waals surface area contributed by atoms with Crippen molar-refractivity contribution in [2.45, 2.75) is 0 Å². The molecule has 12 rings (SSSR count). The minimum Gasteiger partial charge on any atom is -0.455 e. The van der Waals surface area contributed by atoms with Crippen LogP contribution in [-0.4, -0.2) is 0 Å². The Bertz CT molecular complexity index is 3580. The third-order valence-corrected chi connectivity index (χ3v) is 12.2. The number of hydrogen-bond acceptors (Lipinski definition) is 2. The topological polar surface area (TPSA) is 16.4 Å². The second kappa shape index (κ2) is 13.9. The summed E-state index contributed by atoms with van der Waals surface area (Å²) in [4.78, 5) is 2.41. The van der Waals surface area contributed by atoms with Crippen LogP contribution >= 0.6 is 0 Å². The highest BCUT2D eigenvalue weighted by Crippen LogP contribution is 2.47. The fourth-order valence-electron chi connectivity index (χ4n) is 9.34. The molecule has 11 aromatic carbocycles. The van der Waals surface area contributed by atoms with E-state index in [0.717, 1.165) is 50.1 Å². The Morgan fingerprint density at radius 3 is 1.62 bits per heavy atom. The molecule has 1 heterocycles. The molecule has 0 spiro atoms. The van der Waals surface area contributed by atoms with E-state index in [1.54, 1.807) is 0 Å². The molecule has 1 aromatic heterocycles. The average molecular weight is 764 g/mol. The van der Waals surface area contributed by atoms with Gasteiger partial charge in [0.1, 0.15) is 11.2 Å². The van der Waals surface area contributed by atoms with E-state index in [0.29, 0.717) is 0 Å². The normalized spacial score (nSPS) is 11.7. The van der Waals surface area contributed by atoms with E-state index in [1.807, 2.05) is 0 Å². The Morgan fingerprint density at radius 1 is 0.300 bits per heavy atom. The predicted molar refractivity (Wildman–Crippen MR) is 255 cm³/mol. The van der Waals surface area contributed by atoms with Crippen LogP contribution in [-0.2, 0) is 0 Å². The molecule has 0 atom stereocenters. The maximum Gasteiger partial charge on any atom is 0.145 e. The SMILES string of the molecule is c1ccc(-c2ccc(-c3ccc(N(c4ccc(-c5cc6ccccc6c6ccccc56)cc4)c4ccc5ccc6ccccc6c5c4)c4c3oc3ccccc34)cc2)cc1. The lowest BCUT2D eigenvalue weighted by Gasteiger charge is -2.27. The summed E-state index contributed by atoms with van der Waals surface area (Å²) in [5.74, 6) is 0. The molecule has 60 heavy (non-hydrogen) atoms. The monoisotopic (exact) mass is 763 g/mol. The Morgan fingerprint density at radius 2 is 0.833 bits per heavy atom. The van der Waals surface area contributed by atoms with Crippen molar-refractivity contribution in [3.8, 4) is 33.4 Å². The van der Waals surface area contributed by atoms with Crippen molar-refractivity contribution in [3.63, 3.8) is 0 Å². The van der Waals surface area contributed by atoms with Crippen LogP contribution in [0.4, 0.5) is 17.1 Å². The van der Waals surface area contributed by atoms with Gasteiger partial charge in [0.2, 0.25) is 0 Å². The van der Waals surface area contributed by atoms with Crippen LogP contribution in [0.5, 0.6) is 0 Å². The zero-order valence-electron chi connectivity index (χ0n) is 32.7. The lowest BCUT2D eigenvalue weighted by molar-refractivity contribution is 0.670. The van der Waals surface area contributed by atoms with Gasteiger partial charge in [-0.3, -0.25) is 0 Å². The van der Waals surface area contributed by atoms with Crippen LogP contribution < -0.4 is 4.90 Å². The van der Waals surface area contributed by atoms with Crippen molar-refractivity contribution in [3.05, 3.63) is 224 Å². The van der Waals surface area contributed by atoms with E-state index < -0.39 is 0 Å². The first-order valence-corrected chi connectivity index (χ1v) is 20.6. The zero-order valence-corrected chi connectivity index (χ0v) is 32.7. The molecule has 12 aromatic rings. The summed E-state index contributed by atoms with van der Waals surface area (Å²) in [6.45, 7) is 0. The van der Waals surface area contributed by atoms with Gasteiger partial charge < -0.3 is 9.32 Å². The summed E-state index contributed by atoms with van der Waals surface area (Å²) in [6, 6.07) is 81.2. The van der Waals surface area contributed by atoms with Gasteiger partial charge in [-0.05, 0) is 119 Å². The zero-order chi connectivity index (χ0) is 39.6. The van der Waals surface area contributed by atoms with Crippen LogP contribution in [0.1, 0.15) is 0 Å². The first kappa shape index (κ1) is 34.1. The summed E-state index contributed by atoms with van der Waals surface area (Å²) < 4.78 is 6.87. The van der Waals surface area contributed by atoms with Crippen LogP contribution in [0.2, 0.25) is 0 Å². The van der Waals surface area contributed by atoms with Crippen molar-refractivity contribution >= 4 is 82.1 Å². The van der Waals surface area contributed by atoms with Crippen LogP contribution in [0.3, 0.4) is 0 Å². The molecule has 0 N–H and O–H groups in total. The quantitative estimate of drug-likeness (QED) is 0.157. The third-order valence-electron chi connectivity index (χ3n) is 12.2. The minimum absolute atomic E-state index is 0.866. The molecule has 0 saturated carbocycles. The number of anilines is 3. The van der Waals surface area contributed by atoms with Crippen LogP contribution in [0.15, 0.2) is 229 Å². The second-order valence-corrected chi connectivity index (χ2v) is 15.6. The third kappa shape index (κ3) is 5.57. The smallest absolute Gasteiger partial charge is 0.145 e. The molecule has 0 bridgehead atoms. The number of benzene rings is 11. The standard InChI is InChI=1S/C58H37NO/c1-2-12-38(13-3-1)39-22-24-41(25-23-39)49-34-35-55(57-52-20-10-11-21-56(52)60-58(49)57)59(46-33-30-42-27-26-40-14-4-6-16-47(40)54(42)37-46)45-31-28-43(29-32-45)53-36-44-15-5-7-17-48(44)50-18-8-9-19-51(50)53/h1-37H. The van der Waals surface area contributed by atoms with E-state index in [2.05, 4.69) is 229 Å². The van der Waals surface area contributed by atoms with Gasteiger partial charge in [0, 0.05) is 22.3 Å². The Balaban J connectivity index is 1.07. The fourth-order valence-corrected chi connectivity index (χ4v) is 9.34. The number of furan rings is 1. The van der Waals surface area contributed by atoms with Gasteiger partial charge in [0.15, 0.2) is 0 Å². The number of para-hydroxylation sites is 1. The molecule has 280 valence electrons. The maximum absolute atomic E-state index is 6.87. The molecular weight excluding hydrogens is 727 g/mol. The Hall–Kier alpha value is -7.94. The lowest BCUT2D eigenvalue weighted by atomic mass is 9.93. The van der Waals surface area contributed by atoms with E-state index in [4.69, 9.17) is 4.42 Å². The van der Waals surface area contributed by atoms with Gasteiger partial charge in [-0.15, -0.1) is 0 Å². The van der Waals surface area contributed by atoms with Crippen LogP contribution in [0.25, 0.3) is 98.4 Å². The molecule has 0 radical (unpaired) electrons. The number of rotatable bonds is 6. The molecule has 0 unspecified atom stereocenters. The number of nitrogens with zero attached hydrogens (tertiary/aromatic N) is 1. The Labute approximate surface area is 347 Å². The van der Waals surface area contributed by atoms with Crippen LogP contribution in [0, 0.1) is 0 Å². The summed E-state index contributed by atoms with van der Waals surface area (Å²) >= 11 is 0. The largest absolute Gasteiger partial charge is 0.455 e. The van der Waals surface area contributed by atoms with Crippen molar-refractivity contribution in [1.29, 1.82) is 0 Å². The summed E-state index contributed by atoms with van der Waals surface area (Å²) in [7, 11) is 0. The first-order valence-electron chi connectivity index (χ1n) is 20.6.